The molecule has 3 aliphatic rings. The summed E-state index contributed by atoms with van der Waals surface area (Å²) >= 11 is 0. The van der Waals surface area contributed by atoms with E-state index in [4.69, 9.17) is 0 Å². The molecule has 7 atom stereocenters. The van der Waals surface area contributed by atoms with Crippen molar-refractivity contribution in [2.24, 2.45) is 46.3 Å². The summed E-state index contributed by atoms with van der Waals surface area (Å²) in [7, 11) is 0. The Kier molecular flexibility index (Phi) is 7.28. The van der Waals surface area contributed by atoms with Crippen LogP contribution < -0.4 is 0 Å². The zero-order chi connectivity index (χ0) is 23.0. The van der Waals surface area contributed by atoms with Gasteiger partial charge in [-0.1, -0.05) is 60.0 Å². The second kappa shape index (κ2) is 9.27. The van der Waals surface area contributed by atoms with Crippen LogP contribution in [0.3, 0.4) is 0 Å². The van der Waals surface area contributed by atoms with Crippen LogP contribution in [0.15, 0.2) is 11.6 Å². The summed E-state index contributed by atoms with van der Waals surface area (Å²) in [4.78, 5) is 23.4. The van der Waals surface area contributed by atoms with E-state index in [9.17, 15) is 19.8 Å². The molecule has 2 saturated carbocycles. The van der Waals surface area contributed by atoms with Gasteiger partial charge < -0.3 is 10.2 Å². The molecule has 31 heavy (non-hydrogen) atoms. The molecule has 176 valence electrons. The number of hydrogen-bond donors (Lipinski definition) is 2. The minimum absolute atomic E-state index is 0.0434. The highest BCUT2D eigenvalue weighted by molar-refractivity contribution is 5.88. The number of carboxylic acids is 2. The quantitative estimate of drug-likeness (QED) is 0.420. The fraction of sp³-hybridized carbons (Fsp3) is 0.852. The SMILES string of the molecule is CC(C)CCC[C@@H](C)[C@H]1CC[C@H]2[C@H]3CC=C(C(=O)O)[C@@](C)(CCC(=O)O)[C@@H]3CC[C@]12C. The fourth-order valence-corrected chi connectivity index (χ4v) is 8.14. The fourth-order valence-electron chi connectivity index (χ4n) is 8.14. The van der Waals surface area contributed by atoms with Crippen molar-refractivity contribution in [3.8, 4) is 0 Å². The van der Waals surface area contributed by atoms with Gasteiger partial charge in [-0.3, -0.25) is 4.79 Å². The highest BCUT2D eigenvalue weighted by atomic mass is 16.4. The van der Waals surface area contributed by atoms with E-state index in [0.717, 1.165) is 37.0 Å². The molecule has 3 rings (SSSR count). The topological polar surface area (TPSA) is 74.6 Å². The molecule has 0 spiro atoms. The van der Waals surface area contributed by atoms with Gasteiger partial charge >= 0.3 is 11.9 Å². The Hall–Kier alpha value is -1.32. The predicted molar refractivity (Wildman–Crippen MR) is 124 cm³/mol. The molecule has 4 nitrogen and oxygen atoms in total. The molecule has 0 amide bonds. The van der Waals surface area contributed by atoms with Crippen LogP contribution >= 0.6 is 0 Å². The Bertz CT molecular complexity index is 710. The first-order chi connectivity index (χ1) is 14.5. The minimum atomic E-state index is -0.859. The standard InChI is InChI=1S/C27H44O4/c1-17(2)7-6-8-18(3)20-11-12-21-19-9-10-23(25(30)31)27(5,16-14-24(28)29)22(19)13-15-26(20,21)4/h10,17-22H,6-9,11-16H2,1-5H3,(H,28,29)(H,30,31)/t18-,19-,20-,21+,22-,26-,27+/m1/s1. The van der Waals surface area contributed by atoms with Gasteiger partial charge in [0.1, 0.15) is 0 Å². The Labute approximate surface area is 188 Å². The van der Waals surface area contributed by atoms with E-state index in [1.807, 2.05) is 13.0 Å². The highest BCUT2D eigenvalue weighted by Gasteiger charge is 2.59. The maximum atomic E-state index is 12.1. The van der Waals surface area contributed by atoms with Gasteiger partial charge in [0.25, 0.3) is 0 Å². The number of hydrogen-bond acceptors (Lipinski definition) is 2. The van der Waals surface area contributed by atoms with Crippen LogP contribution in [0.1, 0.15) is 98.8 Å². The molecule has 0 aromatic carbocycles. The van der Waals surface area contributed by atoms with Crippen LogP contribution in [-0.2, 0) is 9.59 Å². The third kappa shape index (κ3) is 4.59. The minimum Gasteiger partial charge on any atom is -0.481 e. The molecule has 0 radical (unpaired) electrons. The summed E-state index contributed by atoms with van der Waals surface area (Å²) in [5.41, 5.74) is 0.283. The molecule has 0 aromatic heterocycles. The largest absolute Gasteiger partial charge is 0.481 e. The monoisotopic (exact) mass is 432 g/mol. The van der Waals surface area contributed by atoms with Crippen LogP contribution in [-0.4, -0.2) is 22.2 Å². The average molecular weight is 433 g/mol. The van der Waals surface area contributed by atoms with Gasteiger partial charge in [0.05, 0.1) is 0 Å². The van der Waals surface area contributed by atoms with Gasteiger partial charge in [-0.15, -0.1) is 0 Å². The zero-order valence-corrected chi connectivity index (χ0v) is 20.3. The van der Waals surface area contributed by atoms with Crippen molar-refractivity contribution in [3.63, 3.8) is 0 Å². The second-order valence-corrected chi connectivity index (χ2v) is 11.9. The first kappa shape index (κ1) is 24.3. The van der Waals surface area contributed by atoms with Crippen molar-refractivity contribution >= 4 is 11.9 Å². The Morgan fingerprint density at radius 2 is 1.77 bits per heavy atom. The summed E-state index contributed by atoms with van der Waals surface area (Å²) < 4.78 is 0. The van der Waals surface area contributed by atoms with E-state index < -0.39 is 17.4 Å². The molecule has 0 unspecified atom stereocenters. The molecular weight excluding hydrogens is 388 g/mol. The van der Waals surface area contributed by atoms with Crippen molar-refractivity contribution < 1.29 is 19.8 Å². The summed E-state index contributed by atoms with van der Waals surface area (Å²) in [6, 6.07) is 0. The molecule has 2 N–H and O–H groups in total. The predicted octanol–water partition coefficient (Wildman–Crippen LogP) is 6.79. The number of carboxylic acid groups (broad SMARTS) is 2. The number of allylic oxidation sites excluding steroid dienone is 1. The molecule has 0 saturated heterocycles. The first-order valence-corrected chi connectivity index (χ1v) is 12.7. The molecule has 0 aromatic rings. The van der Waals surface area contributed by atoms with E-state index in [0.29, 0.717) is 29.2 Å². The second-order valence-electron chi connectivity index (χ2n) is 11.9. The summed E-state index contributed by atoms with van der Waals surface area (Å²) in [6.45, 7) is 11.6. The lowest BCUT2D eigenvalue weighted by atomic mass is 9.48. The first-order valence-electron chi connectivity index (χ1n) is 12.7. The molecule has 3 aliphatic carbocycles. The van der Waals surface area contributed by atoms with E-state index in [1.54, 1.807) is 0 Å². The normalized spacial score (nSPS) is 38.3. The van der Waals surface area contributed by atoms with Crippen LogP contribution in [0.25, 0.3) is 0 Å². The van der Waals surface area contributed by atoms with Crippen molar-refractivity contribution in [2.75, 3.05) is 0 Å². The Morgan fingerprint density at radius 3 is 2.39 bits per heavy atom. The van der Waals surface area contributed by atoms with E-state index >= 15 is 0 Å². The van der Waals surface area contributed by atoms with Crippen LogP contribution in [0, 0.1) is 46.3 Å². The van der Waals surface area contributed by atoms with Gasteiger partial charge in [0.15, 0.2) is 0 Å². The van der Waals surface area contributed by atoms with Gasteiger partial charge in [-0.2, -0.15) is 0 Å². The lowest BCUT2D eigenvalue weighted by Crippen LogP contribution is -2.50. The average Bonchev–Trinajstić information content (AvgIpc) is 3.03. The smallest absolute Gasteiger partial charge is 0.331 e. The van der Waals surface area contributed by atoms with Crippen molar-refractivity contribution in [3.05, 3.63) is 11.6 Å². The third-order valence-electron chi connectivity index (χ3n) is 9.75. The van der Waals surface area contributed by atoms with Crippen molar-refractivity contribution in [1.29, 1.82) is 0 Å². The number of rotatable bonds is 9. The maximum Gasteiger partial charge on any atom is 0.331 e. The molecule has 0 bridgehead atoms. The summed E-state index contributed by atoms with van der Waals surface area (Å²) in [6.07, 6.45) is 12.0. The van der Waals surface area contributed by atoms with Crippen molar-refractivity contribution in [1.82, 2.24) is 0 Å². The Balaban J connectivity index is 1.80. The van der Waals surface area contributed by atoms with Crippen molar-refractivity contribution in [2.45, 2.75) is 98.8 Å². The van der Waals surface area contributed by atoms with E-state index in [1.165, 1.54) is 32.1 Å². The molecule has 0 aliphatic heterocycles. The number of carbonyl (C=O) groups is 2. The van der Waals surface area contributed by atoms with Gasteiger partial charge in [-0.25, -0.2) is 4.79 Å². The number of aliphatic carboxylic acids is 2. The zero-order valence-electron chi connectivity index (χ0n) is 20.3. The van der Waals surface area contributed by atoms with Crippen LogP contribution in [0.2, 0.25) is 0 Å². The summed E-state index contributed by atoms with van der Waals surface area (Å²) in [5, 5.41) is 19.2. The lowest BCUT2D eigenvalue weighted by molar-refractivity contribution is -0.140. The molecular formula is C27H44O4. The van der Waals surface area contributed by atoms with Crippen LogP contribution in [0.5, 0.6) is 0 Å². The molecule has 4 heteroatoms. The Morgan fingerprint density at radius 1 is 1.06 bits per heavy atom. The number of fused-ring (bicyclic) bond motifs is 3. The molecule has 2 fully saturated rings. The van der Waals surface area contributed by atoms with Gasteiger partial charge in [0, 0.05) is 17.4 Å². The molecule has 0 heterocycles. The maximum absolute atomic E-state index is 12.1. The lowest BCUT2D eigenvalue weighted by Gasteiger charge is -2.56. The van der Waals surface area contributed by atoms with Gasteiger partial charge in [-0.05, 0) is 79.4 Å². The third-order valence-corrected chi connectivity index (χ3v) is 9.75. The van der Waals surface area contributed by atoms with Crippen LogP contribution in [0.4, 0.5) is 0 Å². The van der Waals surface area contributed by atoms with E-state index in [-0.39, 0.29) is 12.3 Å². The highest BCUT2D eigenvalue weighted by Crippen LogP contribution is 2.66. The van der Waals surface area contributed by atoms with Gasteiger partial charge in [0.2, 0.25) is 0 Å². The summed E-state index contributed by atoms with van der Waals surface area (Å²) in [5.74, 6) is 2.02. The van der Waals surface area contributed by atoms with E-state index in [2.05, 4.69) is 27.7 Å².